The highest BCUT2D eigenvalue weighted by Gasteiger charge is 2.22. The summed E-state index contributed by atoms with van der Waals surface area (Å²) in [5, 5.41) is 1.93. The zero-order valence-electron chi connectivity index (χ0n) is 15.6. The monoisotopic (exact) mass is 379 g/mol. The van der Waals surface area contributed by atoms with E-state index in [0.29, 0.717) is 5.92 Å². The number of H-pyrrole nitrogens is 2. The molecule has 144 valence electrons. The van der Waals surface area contributed by atoms with E-state index in [1.165, 1.54) is 23.4 Å². The zero-order chi connectivity index (χ0) is 19.1. The van der Waals surface area contributed by atoms with Crippen molar-refractivity contribution < 1.29 is 8.78 Å². The molecule has 3 heterocycles. The number of hydrogen-bond donors (Lipinski definition) is 2. The number of rotatable bonds is 4. The third-order valence-electron chi connectivity index (χ3n) is 6.06. The molecule has 2 aromatic carbocycles. The topological polar surface area (TPSA) is 34.8 Å². The third-order valence-corrected chi connectivity index (χ3v) is 6.06. The lowest BCUT2D eigenvalue weighted by Gasteiger charge is -2.31. The largest absolute Gasteiger partial charge is 0.361 e. The van der Waals surface area contributed by atoms with Crippen molar-refractivity contribution in [3.63, 3.8) is 0 Å². The maximum absolute atomic E-state index is 13.5. The van der Waals surface area contributed by atoms with Crippen molar-refractivity contribution in [2.45, 2.75) is 25.2 Å². The van der Waals surface area contributed by atoms with Crippen molar-refractivity contribution in [1.82, 2.24) is 14.9 Å². The smallest absolute Gasteiger partial charge is 0.123 e. The first-order chi connectivity index (χ1) is 13.7. The summed E-state index contributed by atoms with van der Waals surface area (Å²) in [6, 6.07) is 11.9. The van der Waals surface area contributed by atoms with Gasteiger partial charge >= 0.3 is 0 Å². The molecule has 5 heteroatoms. The summed E-state index contributed by atoms with van der Waals surface area (Å²) in [4.78, 5) is 9.18. The summed E-state index contributed by atoms with van der Waals surface area (Å²) in [5.74, 6) is 0.117. The highest BCUT2D eigenvalue weighted by Crippen LogP contribution is 2.30. The predicted molar refractivity (Wildman–Crippen MR) is 109 cm³/mol. The van der Waals surface area contributed by atoms with Gasteiger partial charge in [0.2, 0.25) is 0 Å². The molecule has 1 fully saturated rings. The van der Waals surface area contributed by atoms with E-state index in [4.69, 9.17) is 0 Å². The second kappa shape index (κ2) is 7.06. The number of piperidine rings is 1. The van der Waals surface area contributed by atoms with Crippen LogP contribution in [0.5, 0.6) is 0 Å². The van der Waals surface area contributed by atoms with Crippen LogP contribution in [0.15, 0.2) is 48.7 Å². The van der Waals surface area contributed by atoms with Gasteiger partial charge in [-0.05, 0) is 80.4 Å². The van der Waals surface area contributed by atoms with Crippen molar-refractivity contribution in [2.75, 3.05) is 19.6 Å². The molecule has 3 nitrogen and oxygen atoms in total. The average Bonchev–Trinajstić information content (AvgIpc) is 3.30. The first-order valence-corrected chi connectivity index (χ1v) is 9.92. The molecular weight excluding hydrogens is 356 g/mol. The van der Waals surface area contributed by atoms with Gasteiger partial charge in [0.1, 0.15) is 11.6 Å². The highest BCUT2D eigenvalue weighted by molar-refractivity contribution is 5.83. The number of hydrogen-bond acceptors (Lipinski definition) is 1. The van der Waals surface area contributed by atoms with Gasteiger partial charge in [0.25, 0.3) is 0 Å². The summed E-state index contributed by atoms with van der Waals surface area (Å²) >= 11 is 0. The molecule has 2 aromatic heterocycles. The number of benzene rings is 2. The van der Waals surface area contributed by atoms with Gasteiger partial charge in [-0.1, -0.05) is 0 Å². The number of nitrogens with zero attached hydrogens (tertiary/aromatic N) is 1. The van der Waals surface area contributed by atoms with Gasteiger partial charge in [-0.25, -0.2) is 8.78 Å². The minimum atomic E-state index is -0.190. The lowest BCUT2D eigenvalue weighted by atomic mass is 9.93. The SMILES string of the molecule is Fc1ccc2[nH]c(C3CCN(CCc4c[nH]c5ccc(F)cc45)CC3)cc2c1. The van der Waals surface area contributed by atoms with Gasteiger partial charge in [0.15, 0.2) is 0 Å². The van der Waals surface area contributed by atoms with Gasteiger partial charge in [-0.15, -0.1) is 0 Å². The first-order valence-electron chi connectivity index (χ1n) is 9.92. The Morgan fingerprint density at radius 2 is 1.68 bits per heavy atom. The molecule has 1 saturated heterocycles. The standard InChI is InChI=1S/C23H23F2N3/c24-18-1-3-21-17(11-18)12-23(27-21)15-5-8-28(9-6-15)10-7-16-14-26-22-4-2-19(25)13-20(16)22/h1-4,11-15,26-27H,5-10H2. The van der Waals surface area contributed by atoms with E-state index >= 15 is 0 Å². The van der Waals surface area contributed by atoms with Crippen LogP contribution < -0.4 is 0 Å². The molecule has 1 aliphatic rings. The lowest BCUT2D eigenvalue weighted by Crippen LogP contribution is -2.34. The Balaban J connectivity index is 1.21. The minimum absolute atomic E-state index is 0.188. The van der Waals surface area contributed by atoms with Crippen LogP contribution in [0, 0.1) is 11.6 Å². The number of fused-ring (bicyclic) bond motifs is 2. The Kier molecular flexibility index (Phi) is 4.40. The fraction of sp³-hybridized carbons (Fsp3) is 0.304. The second-order valence-corrected chi connectivity index (χ2v) is 7.83. The number of aromatic nitrogens is 2. The molecule has 0 saturated carbocycles. The molecule has 1 aliphatic heterocycles. The fourth-order valence-electron chi connectivity index (χ4n) is 4.45. The quantitative estimate of drug-likeness (QED) is 0.493. The van der Waals surface area contributed by atoms with Crippen molar-refractivity contribution >= 4 is 21.8 Å². The molecule has 0 bridgehead atoms. The summed E-state index contributed by atoms with van der Waals surface area (Å²) in [6.45, 7) is 3.07. The van der Waals surface area contributed by atoms with E-state index in [2.05, 4.69) is 20.9 Å². The van der Waals surface area contributed by atoms with E-state index in [0.717, 1.165) is 60.7 Å². The molecule has 0 spiro atoms. The van der Waals surface area contributed by atoms with Crippen LogP contribution in [0.25, 0.3) is 21.8 Å². The Morgan fingerprint density at radius 1 is 0.929 bits per heavy atom. The van der Waals surface area contributed by atoms with Gasteiger partial charge in [-0.2, -0.15) is 0 Å². The minimum Gasteiger partial charge on any atom is -0.361 e. The number of halogens is 2. The molecule has 0 amide bonds. The van der Waals surface area contributed by atoms with Gasteiger partial charge in [-0.3, -0.25) is 0 Å². The van der Waals surface area contributed by atoms with Gasteiger partial charge in [0, 0.05) is 46.2 Å². The highest BCUT2D eigenvalue weighted by atomic mass is 19.1. The van der Waals surface area contributed by atoms with Crippen molar-refractivity contribution in [2.24, 2.45) is 0 Å². The number of aromatic amines is 2. The summed E-state index contributed by atoms with van der Waals surface area (Å²) in [7, 11) is 0. The van der Waals surface area contributed by atoms with Crippen molar-refractivity contribution in [3.05, 3.63) is 71.6 Å². The molecule has 4 aromatic rings. The molecular formula is C23H23F2N3. The maximum atomic E-state index is 13.5. The van der Waals surface area contributed by atoms with Crippen LogP contribution in [-0.4, -0.2) is 34.5 Å². The molecule has 28 heavy (non-hydrogen) atoms. The average molecular weight is 379 g/mol. The van der Waals surface area contributed by atoms with Crippen LogP contribution >= 0.6 is 0 Å². The molecule has 5 rings (SSSR count). The number of nitrogens with one attached hydrogen (secondary N) is 2. The first kappa shape index (κ1) is 17.4. The summed E-state index contributed by atoms with van der Waals surface area (Å²) in [6.07, 6.45) is 5.11. The third kappa shape index (κ3) is 3.31. The summed E-state index contributed by atoms with van der Waals surface area (Å²) < 4.78 is 27.0. The molecule has 0 aliphatic carbocycles. The number of likely N-dealkylation sites (tertiary alicyclic amines) is 1. The van der Waals surface area contributed by atoms with Crippen LogP contribution in [0.3, 0.4) is 0 Å². The Labute approximate surface area is 162 Å². The van der Waals surface area contributed by atoms with Gasteiger partial charge in [0.05, 0.1) is 0 Å². The van der Waals surface area contributed by atoms with E-state index in [1.54, 1.807) is 18.2 Å². The van der Waals surface area contributed by atoms with E-state index in [9.17, 15) is 8.78 Å². The summed E-state index contributed by atoms with van der Waals surface area (Å²) in [5.41, 5.74) is 4.39. The molecule has 0 unspecified atom stereocenters. The Bertz CT molecular complexity index is 1120. The van der Waals surface area contributed by atoms with Crippen LogP contribution in [-0.2, 0) is 6.42 Å². The van der Waals surface area contributed by atoms with E-state index in [-0.39, 0.29) is 11.6 Å². The predicted octanol–water partition coefficient (Wildman–Crippen LogP) is 5.35. The molecule has 0 radical (unpaired) electrons. The zero-order valence-corrected chi connectivity index (χ0v) is 15.6. The molecule has 2 N–H and O–H groups in total. The van der Waals surface area contributed by atoms with Crippen LogP contribution in [0.1, 0.15) is 30.0 Å². The molecule has 0 atom stereocenters. The van der Waals surface area contributed by atoms with Crippen molar-refractivity contribution in [3.8, 4) is 0 Å². The van der Waals surface area contributed by atoms with Crippen LogP contribution in [0.2, 0.25) is 0 Å². The van der Waals surface area contributed by atoms with Gasteiger partial charge < -0.3 is 14.9 Å². The Hall–Kier alpha value is -2.66. The lowest BCUT2D eigenvalue weighted by molar-refractivity contribution is 0.213. The fourth-order valence-corrected chi connectivity index (χ4v) is 4.45. The van der Waals surface area contributed by atoms with Crippen LogP contribution in [0.4, 0.5) is 8.78 Å². The van der Waals surface area contributed by atoms with E-state index < -0.39 is 0 Å². The van der Waals surface area contributed by atoms with E-state index in [1.807, 2.05) is 12.3 Å². The van der Waals surface area contributed by atoms with Crippen molar-refractivity contribution in [1.29, 1.82) is 0 Å². The second-order valence-electron chi connectivity index (χ2n) is 7.83. The normalized spacial score (nSPS) is 16.4. The Morgan fingerprint density at radius 3 is 2.50 bits per heavy atom. The maximum Gasteiger partial charge on any atom is 0.123 e.